The molecule has 0 aliphatic carbocycles. The number of benzene rings is 2. The summed E-state index contributed by atoms with van der Waals surface area (Å²) in [6.07, 6.45) is -3.64. The van der Waals surface area contributed by atoms with Crippen LogP contribution in [-0.4, -0.2) is 61.2 Å². The van der Waals surface area contributed by atoms with Gasteiger partial charge in [-0.25, -0.2) is 0 Å². The number of halogens is 3. The van der Waals surface area contributed by atoms with Crippen molar-refractivity contribution >= 4 is 17.5 Å². The molecule has 1 fully saturated rings. The van der Waals surface area contributed by atoms with Crippen molar-refractivity contribution in [3.05, 3.63) is 64.7 Å². The van der Waals surface area contributed by atoms with Crippen LogP contribution in [-0.2, 0) is 17.4 Å². The van der Waals surface area contributed by atoms with E-state index in [0.717, 1.165) is 23.7 Å². The van der Waals surface area contributed by atoms with E-state index < -0.39 is 17.8 Å². The van der Waals surface area contributed by atoms with Gasteiger partial charge in [0.1, 0.15) is 0 Å². The number of carbonyl (C=O) groups excluding carboxylic acids is 2. The Hall–Kier alpha value is -2.91. The van der Waals surface area contributed by atoms with Crippen LogP contribution >= 0.6 is 0 Å². The molecule has 0 radical (unpaired) electrons. The van der Waals surface area contributed by atoms with Crippen LogP contribution in [0.3, 0.4) is 0 Å². The molecular formula is C25H28F3N3O3. The predicted octanol–water partition coefficient (Wildman–Crippen LogP) is 3.19. The van der Waals surface area contributed by atoms with Crippen molar-refractivity contribution < 1.29 is 27.9 Å². The van der Waals surface area contributed by atoms with Crippen molar-refractivity contribution in [2.45, 2.75) is 37.5 Å². The number of amides is 2. The largest absolute Gasteiger partial charge is 0.416 e. The number of nitrogens with one attached hydrogen (secondary N) is 1. The lowest BCUT2D eigenvalue weighted by Crippen LogP contribution is -2.34. The molecule has 2 N–H and O–H groups in total. The van der Waals surface area contributed by atoms with Crippen LogP contribution in [0.4, 0.5) is 18.9 Å². The summed E-state index contributed by atoms with van der Waals surface area (Å²) >= 11 is 0. The zero-order chi connectivity index (χ0) is 24.5. The molecule has 1 saturated heterocycles. The van der Waals surface area contributed by atoms with Gasteiger partial charge in [0.25, 0.3) is 5.91 Å². The number of hydrogen-bond donors (Lipinski definition) is 2. The summed E-state index contributed by atoms with van der Waals surface area (Å²) in [4.78, 5) is 27.9. The highest BCUT2D eigenvalue weighted by molar-refractivity contribution is 6.03. The van der Waals surface area contributed by atoms with Gasteiger partial charge in [0, 0.05) is 37.9 Å². The lowest BCUT2D eigenvalue weighted by atomic mass is 9.96. The molecule has 2 aliphatic heterocycles. The fourth-order valence-electron chi connectivity index (χ4n) is 4.69. The van der Waals surface area contributed by atoms with Gasteiger partial charge in [-0.3, -0.25) is 9.59 Å². The van der Waals surface area contributed by atoms with Gasteiger partial charge in [-0.2, -0.15) is 13.2 Å². The maximum Gasteiger partial charge on any atom is 0.416 e. The molecule has 2 aliphatic rings. The Balaban J connectivity index is 1.22. The molecule has 182 valence electrons. The number of aliphatic hydroxyl groups is 1. The molecule has 9 heteroatoms. The van der Waals surface area contributed by atoms with E-state index >= 15 is 0 Å². The quantitative estimate of drug-likeness (QED) is 0.645. The molecule has 0 bridgehead atoms. The first-order valence-corrected chi connectivity index (χ1v) is 11.4. The van der Waals surface area contributed by atoms with Gasteiger partial charge in [0.15, 0.2) is 0 Å². The monoisotopic (exact) mass is 475 g/mol. The second-order valence-electron chi connectivity index (χ2n) is 9.04. The average molecular weight is 476 g/mol. The highest BCUT2D eigenvalue weighted by Gasteiger charge is 2.32. The number of alkyl halides is 3. The first-order chi connectivity index (χ1) is 16.1. The summed E-state index contributed by atoms with van der Waals surface area (Å²) in [6, 6.07) is 10.6. The minimum atomic E-state index is -4.36. The molecule has 2 amide bonds. The molecular weight excluding hydrogens is 447 g/mol. The zero-order valence-electron chi connectivity index (χ0n) is 18.9. The summed E-state index contributed by atoms with van der Waals surface area (Å²) in [6.45, 7) is 1.99. The van der Waals surface area contributed by atoms with Gasteiger partial charge in [0.05, 0.1) is 18.1 Å². The van der Waals surface area contributed by atoms with Crippen LogP contribution < -0.4 is 10.2 Å². The van der Waals surface area contributed by atoms with Gasteiger partial charge in [0.2, 0.25) is 5.91 Å². The first-order valence-electron chi connectivity index (χ1n) is 11.4. The Kier molecular flexibility index (Phi) is 6.95. The minimum absolute atomic E-state index is 0.0000571. The van der Waals surface area contributed by atoms with E-state index in [4.69, 9.17) is 0 Å². The average Bonchev–Trinajstić information content (AvgIpc) is 3.37. The number of hydrogen-bond acceptors (Lipinski definition) is 4. The fraction of sp³-hybridized carbons (Fsp3) is 0.440. The minimum Gasteiger partial charge on any atom is -0.392 e. The molecule has 2 aromatic carbocycles. The van der Waals surface area contributed by atoms with Crippen molar-refractivity contribution in [3.63, 3.8) is 0 Å². The van der Waals surface area contributed by atoms with Gasteiger partial charge >= 0.3 is 6.18 Å². The third-order valence-corrected chi connectivity index (χ3v) is 6.61. The van der Waals surface area contributed by atoms with E-state index in [1.54, 1.807) is 36.2 Å². The number of anilines is 1. The zero-order valence-corrected chi connectivity index (χ0v) is 18.9. The molecule has 34 heavy (non-hydrogen) atoms. The van der Waals surface area contributed by atoms with Crippen LogP contribution in [0, 0.1) is 0 Å². The van der Waals surface area contributed by atoms with Crippen LogP contribution in [0.15, 0.2) is 42.5 Å². The second kappa shape index (κ2) is 9.76. The highest BCUT2D eigenvalue weighted by atomic mass is 19.4. The number of nitrogens with zero attached hydrogens (tertiary/aromatic N) is 2. The number of likely N-dealkylation sites (tertiary alicyclic amines) is 1. The van der Waals surface area contributed by atoms with Crippen LogP contribution in [0.1, 0.15) is 45.8 Å². The van der Waals surface area contributed by atoms with Crippen molar-refractivity contribution in [1.29, 1.82) is 0 Å². The second-order valence-corrected chi connectivity index (χ2v) is 9.04. The van der Waals surface area contributed by atoms with E-state index in [1.165, 1.54) is 12.1 Å². The van der Waals surface area contributed by atoms with Gasteiger partial charge in [-0.05, 0) is 60.7 Å². The standard InChI is InChI=1S/C25H28F3N3O3/c1-30-22-6-5-17(11-19(22)13-23(30)33)24(34)29-9-7-21(32)15-31-10-8-18(14-31)16-3-2-4-20(12-16)25(26,27)28/h2-6,11-12,18,21,32H,7-10,13-15H2,1H3,(H,29,34). The predicted molar refractivity (Wildman–Crippen MR) is 122 cm³/mol. The maximum absolute atomic E-state index is 13.0. The summed E-state index contributed by atoms with van der Waals surface area (Å²) in [5.41, 5.74) is 2.14. The molecule has 2 atom stereocenters. The Labute approximate surface area is 196 Å². The highest BCUT2D eigenvalue weighted by Crippen LogP contribution is 2.34. The lowest BCUT2D eigenvalue weighted by molar-refractivity contribution is -0.137. The first kappa shape index (κ1) is 24.2. The Morgan fingerprint density at radius 1 is 1.24 bits per heavy atom. The Morgan fingerprint density at radius 2 is 2.03 bits per heavy atom. The van der Waals surface area contributed by atoms with E-state index in [2.05, 4.69) is 5.32 Å². The van der Waals surface area contributed by atoms with Crippen molar-refractivity contribution in [2.75, 3.05) is 38.1 Å². The number of carbonyl (C=O) groups is 2. The number of rotatable bonds is 7. The van der Waals surface area contributed by atoms with Crippen LogP contribution in [0.5, 0.6) is 0 Å². The van der Waals surface area contributed by atoms with Crippen LogP contribution in [0.25, 0.3) is 0 Å². The van der Waals surface area contributed by atoms with E-state index in [1.807, 2.05) is 4.90 Å². The molecule has 2 unspecified atom stereocenters. The summed E-state index contributed by atoms with van der Waals surface area (Å²) in [5, 5.41) is 13.2. The number of likely N-dealkylation sites (N-methyl/N-ethyl adjacent to an activating group) is 1. The summed E-state index contributed by atoms with van der Waals surface area (Å²) < 4.78 is 39.0. The number of aliphatic hydroxyl groups excluding tert-OH is 1. The maximum atomic E-state index is 13.0. The molecule has 0 spiro atoms. The van der Waals surface area contributed by atoms with E-state index in [0.29, 0.717) is 43.7 Å². The third-order valence-electron chi connectivity index (χ3n) is 6.61. The van der Waals surface area contributed by atoms with E-state index in [9.17, 15) is 27.9 Å². The fourth-order valence-corrected chi connectivity index (χ4v) is 4.69. The summed E-state index contributed by atoms with van der Waals surface area (Å²) in [5.74, 6) is -0.268. The lowest BCUT2D eigenvalue weighted by Gasteiger charge is -2.20. The summed E-state index contributed by atoms with van der Waals surface area (Å²) in [7, 11) is 1.71. The Bertz CT molecular complexity index is 1070. The van der Waals surface area contributed by atoms with Crippen molar-refractivity contribution in [3.8, 4) is 0 Å². The van der Waals surface area contributed by atoms with Gasteiger partial charge in [-0.15, -0.1) is 0 Å². The molecule has 0 aromatic heterocycles. The molecule has 6 nitrogen and oxygen atoms in total. The Morgan fingerprint density at radius 3 is 2.79 bits per heavy atom. The molecule has 2 aromatic rings. The van der Waals surface area contributed by atoms with Crippen molar-refractivity contribution in [1.82, 2.24) is 10.2 Å². The molecule has 2 heterocycles. The topological polar surface area (TPSA) is 72.9 Å². The molecule has 0 saturated carbocycles. The molecule has 4 rings (SSSR count). The SMILES string of the molecule is CN1C(=O)Cc2cc(C(=O)NCCC(O)CN3CCC(c4cccc(C(F)(F)F)c4)C3)ccc21. The third kappa shape index (κ3) is 5.42. The number of β-amino-alcohol motifs (C(OH)–C–C–N with tert-alkyl or cyclic N) is 1. The normalized spacial score (nSPS) is 19.4. The van der Waals surface area contributed by atoms with Crippen molar-refractivity contribution in [2.24, 2.45) is 0 Å². The van der Waals surface area contributed by atoms with E-state index in [-0.39, 0.29) is 24.2 Å². The van der Waals surface area contributed by atoms with Crippen LogP contribution in [0.2, 0.25) is 0 Å². The number of fused-ring (bicyclic) bond motifs is 1. The smallest absolute Gasteiger partial charge is 0.392 e. The van der Waals surface area contributed by atoms with Gasteiger partial charge < -0.3 is 20.2 Å². The van der Waals surface area contributed by atoms with Gasteiger partial charge in [-0.1, -0.05) is 18.2 Å².